The first-order valence-corrected chi connectivity index (χ1v) is 8.93. The van der Waals surface area contributed by atoms with E-state index < -0.39 is 9.96 Å². The summed E-state index contributed by atoms with van der Waals surface area (Å²) in [6.07, 6.45) is -0.751. The molecule has 5 nitrogen and oxygen atoms in total. The van der Waals surface area contributed by atoms with E-state index in [2.05, 4.69) is 10.6 Å². The summed E-state index contributed by atoms with van der Waals surface area (Å²) >= 11 is 23.3. The van der Waals surface area contributed by atoms with Crippen LogP contribution in [0.5, 0.6) is 0 Å². The Bertz CT molecular complexity index is 563. The fraction of sp³-hybridized carbons (Fsp3) is 0.467. The number of ether oxygens (including phenoxy) is 1. The number of thiocarbonyl (C=S) groups is 1. The van der Waals surface area contributed by atoms with Crippen molar-refractivity contribution < 1.29 is 9.53 Å². The number of alkyl halides is 3. The lowest BCUT2D eigenvalue weighted by molar-refractivity contribution is -0.121. The molecule has 1 fully saturated rings. The lowest BCUT2D eigenvalue weighted by Crippen LogP contribution is -2.59. The van der Waals surface area contributed by atoms with Gasteiger partial charge in [-0.1, -0.05) is 65.1 Å². The van der Waals surface area contributed by atoms with Gasteiger partial charge in [-0.15, -0.1) is 0 Å². The molecule has 24 heavy (non-hydrogen) atoms. The van der Waals surface area contributed by atoms with Crippen LogP contribution < -0.4 is 10.6 Å². The third-order valence-corrected chi connectivity index (χ3v) is 4.44. The summed E-state index contributed by atoms with van der Waals surface area (Å²) in [4.78, 5) is 14.1. The standard InChI is InChI=1S/C15H18Cl3N3O2S/c16-15(17,18)13(20-14(24)21-6-8-23-9-7-21)19-12(22)10-11-4-2-1-3-5-11/h1-5,13H,6-10H2,(H,19,22)(H,20,24). The number of carbonyl (C=O) groups excluding carboxylic acids is 1. The summed E-state index contributed by atoms with van der Waals surface area (Å²) in [7, 11) is 0. The van der Waals surface area contributed by atoms with Gasteiger partial charge in [0.25, 0.3) is 0 Å². The molecule has 0 saturated carbocycles. The van der Waals surface area contributed by atoms with Crippen LogP contribution in [0.2, 0.25) is 0 Å². The second-order valence-electron chi connectivity index (χ2n) is 5.25. The topological polar surface area (TPSA) is 53.6 Å². The van der Waals surface area contributed by atoms with Crippen LogP contribution in [0.1, 0.15) is 5.56 Å². The molecule has 0 aromatic heterocycles. The van der Waals surface area contributed by atoms with Gasteiger partial charge in [-0.2, -0.15) is 0 Å². The molecule has 1 aromatic carbocycles. The van der Waals surface area contributed by atoms with Crippen LogP contribution in [-0.4, -0.2) is 52.2 Å². The van der Waals surface area contributed by atoms with E-state index in [9.17, 15) is 4.79 Å². The Labute approximate surface area is 161 Å². The molecule has 1 aromatic rings. The zero-order valence-corrected chi connectivity index (χ0v) is 15.9. The van der Waals surface area contributed by atoms with Crippen molar-refractivity contribution in [1.82, 2.24) is 15.5 Å². The first kappa shape index (κ1) is 19.5. The average Bonchev–Trinajstić information content (AvgIpc) is 2.55. The molecule has 1 saturated heterocycles. The van der Waals surface area contributed by atoms with E-state index in [1.54, 1.807) is 0 Å². The van der Waals surface area contributed by atoms with Crippen LogP contribution >= 0.6 is 47.0 Å². The second kappa shape index (κ2) is 9.06. The van der Waals surface area contributed by atoms with Crippen molar-refractivity contribution in [2.75, 3.05) is 26.3 Å². The molecule has 9 heteroatoms. The van der Waals surface area contributed by atoms with E-state index >= 15 is 0 Å². The van der Waals surface area contributed by atoms with E-state index in [0.717, 1.165) is 5.56 Å². The molecular weight excluding hydrogens is 393 g/mol. The highest BCUT2D eigenvalue weighted by molar-refractivity contribution is 7.80. The van der Waals surface area contributed by atoms with Crippen molar-refractivity contribution >= 4 is 58.0 Å². The van der Waals surface area contributed by atoms with Crippen molar-refractivity contribution in [3.63, 3.8) is 0 Å². The maximum Gasteiger partial charge on any atom is 0.228 e. The number of nitrogens with one attached hydrogen (secondary N) is 2. The molecule has 0 radical (unpaired) electrons. The first-order valence-electron chi connectivity index (χ1n) is 7.39. The number of rotatable bonds is 4. The van der Waals surface area contributed by atoms with Gasteiger partial charge in [0.2, 0.25) is 9.70 Å². The predicted octanol–water partition coefficient (Wildman–Crippen LogP) is 2.25. The minimum Gasteiger partial charge on any atom is -0.378 e. The second-order valence-corrected chi connectivity index (χ2v) is 8.01. The van der Waals surface area contributed by atoms with E-state index in [-0.39, 0.29) is 12.3 Å². The molecule has 1 aliphatic rings. The fourth-order valence-electron chi connectivity index (χ4n) is 2.17. The van der Waals surface area contributed by atoms with Crippen molar-refractivity contribution in [3.8, 4) is 0 Å². The molecule has 1 atom stereocenters. The van der Waals surface area contributed by atoms with Gasteiger partial charge in [-0.05, 0) is 17.8 Å². The van der Waals surface area contributed by atoms with Gasteiger partial charge in [-0.3, -0.25) is 4.79 Å². The van der Waals surface area contributed by atoms with Gasteiger partial charge in [0.05, 0.1) is 19.6 Å². The largest absolute Gasteiger partial charge is 0.378 e. The summed E-state index contributed by atoms with van der Waals surface area (Å²) < 4.78 is 3.53. The molecule has 0 aliphatic carbocycles. The van der Waals surface area contributed by atoms with Crippen molar-refractivity contribution in [2.24, 2.45) is 0 Å². The Kier molecular flexibility index (Phi) is 7.37. The number of nitrogens with zero attached hydrogens (tertiary/aromatic N) is 1. The van der Waals surface area contributed by atoms with E-state index in [1.165, 1.54) is 0 Å². The van der Waals surface area contributed by atoms with Gasteiger partial charge < -0.3 is 20.3 Å². The molecular formula is C15H18Cl3N3O2S. The Hall–Kier alpha value is -0.790. The predicted molar refractivity (Wildman–Crippen MR) is 100 cm³/mol. The number of morpholine rings is 1. The zero-order valence-electron chi connectivity index (χ0n) is 12.8. The molecule has 2 N–H and O–H groups in total. The monoisotopic (exact) mass is 409 g/mol. The lowest BCUT2D eigenvalue weighted by atomic mass is 10.1. The number of halogens is 3. The minimum absolute atomic E-state index is 0.185. The van der Waals surface area contributed by atoms with Crippen molar-refractivity contribution in [3.05, 3.63) is 35.9 Å². The quantitative estimate of drug-likeness (QED) is 0.453. The Balaban J connectivity index is 1.95. The maximum atomic E-state index is 12.2. The SMILES string of the molecule is O=C(Cc1ccccc1)NC(NC(=S)N1CCOCC1)C(Cl)(Cl)Cl. The highest BCUT2D eigenvalue weighted by Crippen LogP contribution is 2.29. The van der Waals surface area contributed by atoms with Gasteiger partial charge in [0, 0.05) is 13.1 Å². The van der Waals surface area contributed by atoms with Crippen LogP contribution in [0.25, 0.3) is 0 Å². The van der Waals surface area contributed by atoms with Gasteiger partial charge >= 0.3 is 0 Å². The number of benzene rings is 1. The van der Waals surface area contributed by atoms with Gasteiger partial charge in [0.1, 0.15) is 6.17 Å². The average molecular weight is 411 g/mol. The summed E-state index contributed by atoms with van der Waals surface area (Å²) in [6.45, 7) is 2.47. The van der Waals surface area contributed by atoms with Gasteiger partial charge in [0.15, 0.2) is 5.11 Å². The fourth-order valence-corrected chi connectivity index (χ4v) is 2.80. The van der Waals surface area contributed by atoms with E-state index in [4.69, 9.17) is 51.8 Å². The molecule has 132 valence electrons. The highest BCUT2D eigenvalue weighted by Gasteiger charge is 2.35. The van der Waals surface area contributed by atoms with Crippen LogP contribution in [-0.2, 0) is 16.0 Å². The number of hydrogen-bond acceptors (Lipinski definition) is 3. The third kappa shape index (κ3) is 6.26. The van der Waals surface area contributed by atoms with E-state index in [0.29, 0.717) is 31.4 Å². The third-order valence-electron chi connectivity index (χ3n) is 3.41. The Morgan fingerprint density at radius 2 is 1.83 bits per heavy atom. The molecule has 0 spiro atoms. The summed E-state index contributed by atoms with van der Waals surface area (Å²) in [5, 5.41) is 6.01. The molecule has 1 amide bonds. The van der Waals surface area contributed by atoms with E-state index in [1.807, 2.05) is 35.2 Å². The van der Waals surface area contributed by atoms with Crippen LogP contribution in [0.3, 0.4) is 0 Å². The van der Waals surface area contributed by atoms with Crippen LogP contribution in [0.15, 0.2) is 30.3 Å². The Morgan fingerprint density at radius 1 is 1.21 bits per heavy atom. The van der Waals surface area contributed by atoms with Crippen molar-refractivity contribution in [1.29, 1.82) is 0 Å². The number of carbonyl (C=O) groups is 1. The zero-order chi connectivity index (χ0) is 17.6. The van der Waals surface area contributed by atoms with Crippen molar-refractivity contribution in [2.45, 2.75) is 16.4 Å². The Morgan fingerprint density at radius 3 is 2.42 bits per heavy atom. The number of amides is 1. The van der Waals surface area contributed by atoms with Crippen LogP contribution in [0.4, 0.5) is 0 Å². The van der Waals surface area contributed by atoms with Crippen LogP contribution in [0, 0.1) is 0 Å². The normalized spacial score (nSPS) is 16.4. The molecule has 2 rings (SSSR count). The summed E-state index contributed by atoms with van der Waals surface area (Å²) in [5.41, 5.74) is 0.869. The highest BCUT2D eigenvalue weighted by atomic mass is 35.6. The summed E-state index contributed by atoms with van der Waals surface area (Å²) in [5.74, 6) is -0.269. The minimum atomic E-state index is -1.75. The molecule has 0 bridgehead atoms. The van der Waals surface area contributed by atoms with Gasteiger partial charge in [-0.25, -0.2) is 0 Å². The molecule has 1 aliphatic heterocycles. The first-order chi connectivity index (χ1) is 11.4. The molecule has 1 heterocycles. The molecule has 1 unspecified atom stereocenters. The smallest absolute Gasteiger partial charge is 0.228 e. The lowest BCUT2D eigenvalue weighted by Gasteiger charge is -2.34. The summed E-state index contributed by atoms with van der Waals surface area (Å²) in [6, 6.07) is 9.32. The maximum absolute atomic E-state index is 12.2. The number of hydrogen-bond donors (Lipinski definition) is 2.